The first-order chi connectivity index (χ1) is 7.20. The Labute approximate surface area is 97.2 Å². The monoisotopic (exact) mass is 272 g/mol. The number of aryl methyl sites for hydroxylation is 1. The highest BCUT2D eigenvalue weighted by molar-refractivity contribution is 9.10. The minimum Gasteiger partial charge on any atom is -0.503 e. The van der Waals surface area contributed by atoms with Crippen molar-refractivity contribution in [2.24, 2.45) is 0 Å². The van der Waals surface area contributed by atoms with Crippen molar-refractivity contribution in [2.45, 2.75) is 19.3 Å². The van der Waals surface area contributed by atoms with E-state index in [1.807, 2.05) is 6.07 Å². The molecule has 0 atom stereocenters. The van der Waals surface area contributed by atoms with Crippen molar-refractivity contribution in [3.8, 4) is 11.5 Å². The summed E-state index contributed by atoms with van der Waals surface area (Å²) in [5.41, 5.74) is 0.982. The number of unbranched alkanes of at least 4 members (excludes halogenated alkanes) is 1. The van der Waals surface area contributed by atoms with E-state index in [0.717, 1.165) is 24.7 Å². The molecule has 1 aromatic rings. The third kappa shape index (κ3) is 2.96. The van der Waals surface area contributed by atoms with E-state index in [1.165, 1.54) is 7.11 Å². The molecule has 3 nitrogen and oxygen atoms in total. The molecule has 0 fully saturated rings. The Balaban J connectivity index is 2.81. The molecule has 0 amide bonds. The molecule has 4 heteroatoms. The molecule has 0 aliphatic rings. The Kier molecular flexibility index (Phi) is 4.62. The zero-order valence-corrected chi connectivity index (χ0v) is 10.1. The van der Waals surface area contributed by atoms with Crippen molar-refractivity contribution >= 4 is 22.2 Å². The topological polar surface area (TPSA) is 46.5 Å². The SMILES string of the molecule is COc1ccc(CCCC=O)c(Br)c1O. The first-order valence-corrected chi connectivity index (χ1v) is 5.48. The van der Waals surface area contributed by atoms with E-state index in [2.05, 4.69) is 15.9 Å². The lowest BCUT2D eigenvalue weighted by molar-refractivity contribution is -0.107. The number of carbonyl (C=O) groups is 1. The van der Waals surface area contributed by atoms with Gasteiger partial charge in [0.15, 0.2) is 11.5 Å². The summed E-state index contributed by atoms with van der Waals surface area (Å²) in [5, 5.41) is 9.69. The lowest BCUT2D eigenvalue weighted by Crippen LogP contribution is -1.91. The van der Waals surface area contributed by atoms with Crippen LogP contribution in [0.2, 0.25) is 0 Å². The van der Waals surface area contributed by atoms with Crippen LogP contribution in [0.15, 0.2) is 16.6 Å². The molecule has 0 saturated heterocycles. The Morgan fingerprint density at radius 2 is 2.27 bits per heavy atom. The summed E-state index contributed by atoms with van der Waals surface area (Å²) in [4.78, 5) is 10.2. The summed E-state index contributed by atoms with van der Waals surface area (Å²) in [7, 11) is 1.51. The number of phenols is 1. The van der Waals surface area contributed by atoms with Gasteiger partial charge in [-0.2, -0.15) is 0 Å². The van der Waals surface area contributed by atoms with Gasteiger partial charge in [-0.05, 0) is 40.4 Å². The van der Waals surface area contributed by atoms with Gasteiger partial charge in [0.1, 0.15) is 6.29 Å². The molecule has 0 heterocycles. The Bertz CT molecular complexity index is 350. The quantitative estimate of drug-likeness (QED) is 0.662. The van der Waals surface area contributed by atoms with Crippen molar-refractivity contribution in [1.82, 2.24) is 0 Å². The number of halogens is 1. The van der Waals surface area contributed by atoms with Crippen LogP contribution in [0.4, 0.5) is 0 Å². The van der Waals surface area contributed by atoms with Gasteiger partial charge in [-0.3, -0.25) is 0 Å². The maximum atomic E-state index is 10.2. The summed E-state index contributed by atoms with van der Waals surface area (Å²) >= 11 is 3.31. The number of ether oxygens (including phenoxy) is 1. The predicted octanol–water partition coefficient (Wildman–Crippen LogP) is 2.68. The van der Waals surface area contributed by atoms with Crippen LogP contribution >= 0.6 is 15.9 Å². The minimum atomic E-state index is 0.112. The Morgan fingerprint density at radius 3 is 2.87 bits per heavy atom. The van der Waals surface area contributed by atoms with Crippen molar-refractivity contribution in [3.05, 3.63) is 22.2 Å². The highest BCUT2D eigenvalue weighted by Gasteiger charge is 2.10. The van der Waals surface area contributed by atoms with Crippen LogP contribution in [0.1, 0.15) is 18.4 Å². The van der Waals surface area contributed by atoms with Gasteiger partial charge in [0.05, 0.1) is 11.6 Å². The molecule has 0 aliphatic heterocycles. The van der Waals surface area contributed by atoms with Crippen molar-refractivity contribution < 1.29 is 14.6 Å². The molecule has 0 unspecified atom stereocenters. The molecular formula is C11H13BrO3. The average molecular weight is 273 g/mol. The second kappa shape index (κ2) is 5.75. The van der Waals surface area contributed by atoms with E-state index >= 15 is 0 Å². The van der Waals surface area contributed by atoms with Gasteiger partial charge in [0.25, 0.3) is 0 Å². The predicted molar refractivity (Wildman–Crippen MR) is 61.4 cm³/mol. The van der Waals surface area contributed by atoms with Crippen LogP contribution in [0.3, 0.4) is 0 Å². The molecule has 0 aromatic heterocycles. The van der Waals surface area contributed by atoms with Crippen LogP contribution in [-0.4, -0.2) is 18.5 Å². The van der Waals surface area contributed by atoms with E-state index < -0.39 is 0 Å². The number of hydrogen-bond donors (Lipinski definition) is 1. The molecule has 82 valence electrons. The summed E-state index contributed by atoms with van der Waals surface area (Å²) in [6.07, 6.45) is 2.99. The normalized spacial score (nSPS) is 10.0. The molecular weight excluding hydrogens is 260 g/mol. The highest BCUT2D eigenvalue weighted by atomic mass is 79.9. The van der Waals surface area contributed by atoms with Crippen LogP contribution in [0, 0.1) is 0 Å². The van der Waals surface area contributed by atoms with Gasteiger partial charge in [-0.25, -0.2) is 0 Å². The molecule has 1 aromatic carbocycles. The number of methoxy groups -OCH3 is 1. The third-order valence-corrected chi connectivity index (χ3v) is 3.03. The number of phenolic OH excluding ortho intramolecular Hbond substituents is 1. The zero-order chi connectivity index (χ0) is 11.3. The molecule has 0 saturated carbocycles. The lowest BCUT2D eigenvalue weighted by atomic mass is 10.1. The second-order valence-corrected chi connectivity index (χ2v) is 3.94. The van der Waals surface area contributed by atoms with Crippen molar-refractivity contribution in [3.63, 3.8) is 0 Å². The van der Waals surface area contributed by atoms with Crippen molar-refractivity contribution in [1.29, 1.82) is 0 Å². The van der Waals surface area contributed by atoms with E-state index in [-0.39, 0.29) is 5.75 Å². The fourth-order valence-electron chi connectivity index (χ4n) is 1.32. The number of hydrogen-bond acceptors (Lipinski definition) is 3. The van der Waals surface area contributed by atoms with Crippen LogP contribution in [-0.2, 0) is 11.2 Å². The summed E-state index contributed by atoms with van der Waals surface area (Å²) in [6, 6.07) is 3.60. The van der Waals surface area contributed by atoms with E-state index in [4.69, 9.17) is 4.74 Å². The van der Waals surface area contributed by atoms with Gasteiger partial charge < -0.3 is 14.6 Å². The van der Waals surface area contributed by atoms with Gasteiger partial charge in [-0.15, -0.1) is 0 Å². The van der Waals surface area contributed by atoms with Crippen molar-refractivity contribution in [2.75, 3.05) is 7.11 Å². The zero-order valence-electron chi connectivity index (χ0n) is 8.50. The van der Waals surface area contributed by atoms with Gasteiger partial charge >= 0.3 is 0 Å². The molecule has 0 spiro atoms. The number of aldehydes is 1. The first kappa shape index (κ1) is 12.0. The third-order valence-electron chi connectivity index (χ3n) is 2.15. The van der Waals surface area contributed by atoms with Crippen LogP contribution < -0.4 is 4.74 Å². The standard InChI is InChI=1S/C11H13BrO3/c1-15-9-6-5-8(4-2-3-7-13)10(12)11(9)14/h5-7,14H,2-4H2,1H3. The minimum absolute atomic E-state index is 0.112. The molecule has 0 bridgehead atoms. The molecule has 15 heavy (non-hydrogen) atoms. The lowest BCUT2D eigenvalue weighted by Gasteiger charge is -2.09. The van der Waals surface area contributed by atoms with E-state index in [9.17, 15) is 9.90 Å². The maximum Gasteiger partial charge on any atom is 0.172 e. The highest BCUT2D eigenvalue weighted by Crippen LogP contribution is 2.36. The number of rotatable bonds is 5. The smallest absolute Gasteiger partial charge is 0.172 e. The first-order valence-electron chi connectivity index (χ1n) is 4.68. The summed E-state index contributed by atoms with van der Waals surface area (Å²) < 4.78 is 5.62. The Morgan fingerprint density at radius 1 is 1.53 bits per heavy atom. The summed E-state index contributed by atoms with van der Waals surface area (Å²) in [6.45, 7) is 0. The largest absolute Gasteiger partial charge is 0.503 e. The van der Waals surface area contributed by atoms with Gasteiger partial charge in [-0.1, -0.05) is 6.07 Å². The van der Waals surface area contributed by atoms with Gasteiger partial charge in [0, 0.05) is 6.42 Å². The van der Waals surface area contributed by atoms with Crippen LogP contribution in [0.25, 0.3) is 0 Å². The second-order valence-electron chi connectivity index (χ2n) is 3.15. The number of carbonyl (C=O) groups excluding carboxylic acids is 1. The average Bonchev–Trinajstić information content (AvgIpc) is 2.25. The fourth-order valence-corrected chi connectivity index (χ4v) is 1.85. The van der Waals surface area contributed by atoms with E-state index in [1.54, 1.807) is 6.07 Å². The molecule has 1 N–H and O–H groups in total. The summed E-state index contributed by atoms with van der Waals surface area (Å²) in [5.74, 6) is 0.558. The van der Waals surface area contributed by atoms with E-state index in [0.29, 0.717) is 16.6 Å². The number of benzene rings is 1. The van der Waals surface area contributed by atoms with Gasteiger partial charge in [0.2, 0.25) is 0 Å². The van der Waals surface area contributed by atoms with Crippen LogP contribution in [0.5, 0.6) is 11.5 Å². The Hall–Kier alpha value is -1.03. The number of aromatic hydroxyl groups is 1. The molecule has 0 radical (unpaired) electrons. The maximum absolute atomic E-state index is 10.2. The molecule has 0 aliphatic carbocycles. The fraction of sp³-hybridized carbons (Fsp3) is 0.364. The molecule has 1 rings (SSSR count).